The number of fused-ring (bicyclic) bond motifs is 3. The van der Waals surface area contributed by atoms with Crippen LogP contribution in [0.4, 0.5) is 14.9 Å². The molecule has 0 fully saturated rings. The van der Waals surface area contributed by atoms with E-state index in [1.807, 2.05) is 48.5 Å². The van der Waals surface area contributed by atoms with E-state index >= 15 is 0 Å². The van der Waals surface area contributed by atoms with Gasteiger partial charge in [0.15, 0.2) is 0 Å². The Morgan fingerprint density at radius 1 is 0.971 bits per heavy atom. The summed E-state index contributed by atoms with van der Waals surface area (Å²) in [7, 11) is 0. The fourth-order valence-corrected chi connectivity index (χ4v) is 4.26. The van der Waals surface area contributed by atoms with Crippen molar-refractivity contribution in [2.75, 3.05) is 11.9 Å². The fourth-order valence-electron chi connectivity index (χ4n) is 4.26. The van der Waals surface area contributed by atoms with Gasteiger partial charge in [0, 0.05) is 5.92 Å². The number of halogens is 1. The lowest BCUT2D eigenvalue weighted by atomic mass is 9.98. The summed E-state index contributed by atoms with van der Waals surface area (Å²) in [6.07, 6.45) is -0.762. The Hall–Kier alpha value is -4.20. The van der Waals surface area contributed by atoms with E-state index in [-0.39, 0.29) is 29.7 Å². The second kappa shape index (κ2) is 9.97. The molecule has 0 aromatic heterocycles. The number of ether oxygens (including phenoxy) is 1. The van der Waals surface area contributed by atoms with Crippen molar-refractivity contribution in [3.63, 3.8) is 0 Å². The number of carbonyl (C=O) groups excluding carboxylic acids is 2. The lowest BCUT2D eigenvalue weighted by Gasteiger charge is -2.22. The van der Waals surface area contributed by atoms with Gasteiger partial charge >= 0.3 is 12.1 Å². The van der Waals surface area contributed by atoms with Gasteiger partial charge in [0.25, 0.3) is 0 Å². The van der Waals surface area contributed by atoms with Gasteiger partial charge in [-0.15, -0.1) is 0 Å². The minimum Gasteiger partial charge on any atom is -0.478 e. The number of carboxylic acid groups (broad SMARTS) is 1. The van der Waals surface area contributed by atoms with Crippen LogP contribution < -0.4 is 10.6 Å². The Kier molecular flexibility index (Phi) is 6.82. The monoisotopic (exact) mass is 476 g/mol. The minimum atomic E-state index is -1.28. The van der Waals surface area contributed by atoms with Gasteiger partial charge in [-0.05, 0) is 46.4 Å². The van der Waals surface area contributed by atoms with Crippen molar-refractivity contribution in [2.45, 2.75) is 25.8 Å². The molecule has 0 aliphatic heterocycles. The Morgan fingerprint density at radius 3 is 2.11 bits per heavy atom. The highest BCUT2D eigenvalue weighted by Crippen LogP contribution is 2.44. The number of carbonyl (C=O) groups is 3. The van der Waals surface area contributed by atoms with E-state index in [2.05, 4.69) is 10.6 Å². The van der Waals surface area contributed by atoms with Crippen LogP contribution in [0.25, 0.3) is 11.1 Å². The van der Waals surface area contributed by atoms with E-state index in [0.29, 0.717) is 0 Å². The number of hydrogen-bond acceptors (Lipinski definition) is 4. The number of anilines is 1. The number of nitrogens with one attached hydrogen (secondary N) is 2. The van der Waals surface area contributed by atoms with Gasteiger partial charge in [-0.25, -0.2) is 14.0 Å². The third-order valence-corrected chi connectivity index (χ3v) is 6.04. The van der Waals surface area contributed by atoms with Gasteiger partial charge in [0.2, 0.25) is 5.91 Å². The van der Waals surface area contributed by atoms with E-state index in [1.165, 1.54) is 12.1 Å². The Balaban J connectivity index is 1.42. The standard InChI is InChI=1S/C27H25FN2O5/c1-15(2)24(25(31)29-23-12-11-16(26(32)33)13-22(23)28)30-27(34)35-14-21-19-9-5-3-7-17(19)18-8-4-6-10-20(18)21/h3-13,15,21,24H,14H2,1-2H3,(H,29,31)(H,30,34)(H,32,33)/t24-/m0/s1. The quantitative estimate of drug-likeness (QED) is 0.444. The van der Waals surface area contributed by atoms with Crippen molar-refractivity contribution in [1.29, 1.82) is 0 Å². The molecule has 3 aromatic carbocycles. The molecule has 0 heterocycles. The first-order valence-corrected chi connectivity index (χ1v) is 11.2. The van der Waals surface area contributed by atoms with Crippen LogP contribution in [0.1, 0.15) is 41.3 Å². The van der Waals surface area contributed by atoms with Gasteiger partial charge in [0.05, 0.1) is 11.3 Å². The molecule has 180 valence electrons. The van der Waals surface area contributed by atoms with Crippen molar-refractivity contribution >= 4 is 23.7 Å². The van der Waals surface area contributed by atoms with E-state index in [4.69, 9.17) is 9.84 Å². The van der Waals surface area contributed by atoms with E-state index in [1.54, 1.807) is 13.8 Å². The van der Waals surface area contributed by atoms with Crippen LogP contribution in [0.15, 0.2) is 66.7 Å². The zero-order valence-electron chi connectivity index (χ0n) is 19.2. The summed E-state index contributed by atoms with van der Waals surface area (Å²) in [4.78, 5) is 36.4. The minimum absolute atomic E-state index is 0.0948. The predicted molar refractivity (Wildman–Crippen MR) is 129 cm³/mol. The second-order valence-electron chi connectivity index (χ2n) is 8.68. The molecular formula is C27H25FN2O5. The molecule has 0 radical (unpaired) electrons. The highest BCUT2D eigenvalue weighted by Gasteiger charge is 2.30. The largest absolute Gasteiger partial charge is 0.478 e. The Morgan fingerprint density at radius 2 is 1.57 bits per heavy atom. The number of aromatic carboxylic acids is 1. The average Bonchev–Trinajstić information content (AvgIpc) is 3.15. The maximum Gasteiger partial charge on any atom is 0.407 e. The smallest absolute Gasteiger partial charge is 0.407 e. The Bertz CT molecular complexity index is 1240. The van der Waals surface area contributed by atoms with Crippen molar-refractivity contribution in [2.24, 2.45) is 5.92 Å². The average molecular weight is 477 g/mol. The first kappa shape index (κ1) is 23.9. The van der Waals surface area contributed by atoms with Crippen LogP contribution in [0.3, 0.4) is 0 Å². The molecule has 2 amide bonds. The molecule has 35 heavy (non-hydrogen) atoms. The van der Waals surface area contributed by atoms with Crippen LogP contribution in [-0.4, -0.2) is 35.7 Å². The molecule has 8 heteroatoms. The van der Waals surface area contributed by atoms with Gasteiger partial charge < -0.3 is 20.5 Å². The van der Waals surface area contributed by atoms with Crippen LogP contribution in [-0.2, 0) is 9.53 Å². The zero-order chi connectivity index (χ0) is 25.1. The summed E-state index contributed by atoms with van der Waals surface area (Å²) in [6, 6.07) is 18.1. The molecule has 7 nitrogen and oxygen atoms in total. The van der Waals surface area contributed by atoms with Crippen molar-refractivity contribution < 1.29 is 28.6 Å². The molecule has 0 spiro atoms. The molecule has 3 aromatic rings. The van der Waals surface area contributed by atoms with Crippen LogP contribution in [0.5, 0.6) is 0 Å². The number of alkyl carbamates (subject to hydrolysis) is 1. The molecule has 1 aliphatic carbocycles. The third kappa shape index (κ3) is 5.01. The number of rotatable bonds is 7. The number of amides is 2. The summed E-state index contributed by atoms with van der Waals surface area (Å²) in [5.74, 6) is -3.26. The number of hydrogen-bond donors (Lipinski definition) is 3. The summed E-state index contributed by atoms with van der Waals surface area (Å²) in [6.45, 7) is 3.56. The molecular weight excluding hydrogens is 451 g/mol. The van der Waals surface area contributed by atoms with E-state index in [0.717, 1.165) is 28.3 Å². The molecule has 0 saturated carbocycles. The molecule has 0 saturated heterocycles. The topological polar surface area (TPSA) is 105 Å². The molecule has 3 N–H and O–H groups in total. The SMILES string of the molecule is CC(C)[C@H](NC(=O)OCC1c2ccccc2-c2ccccc21)C(=O)Nc1ccc(C(=O)O)cc1F. The Labute approximate surface area is 201 Å². The summed E-state index contributed by atoms with van der Waals surface area (Å²) >= 11 is 0. The van der Waals surface area contributed by atoms with Crippen LogP contribution in [0.2, 0.25) is 0 Å². The van der Waals surface area contributed by atoms with Gasteiger partial charge in [0.1, 0.15) is 18.5 Å². The van der Waals surface area contributed by atoms with E-state index in [9.17, 15) is 18.8 Å². The number of carboxylic acids is 1. The van der Waals surface area contributed by atoms with Gasteiger partial charge in [-0.1, -0.05) is 62.4 Å². The highest BCUT2D eigenvalue weighted by atomic mass is 19.1. The predicted octanol–water partition coefficient (Wildman–Crippen LogP) is 5.03. The highest BCUT2D eigenvalue weighted by molar-refractivity contribution is 5.97. The summed E-state index contributed by atoms with van der Waals surface area (Å²) in [5.41, 5.74) is 3.93. The molecule has 1 atom stereocenters. The second-order valence-corrected chi connectivity index (χ2v) is 8.68. The van der Waals surface area contributed by atoms with Crippen LogP contribution in [0, 0.1) is 11.7 Å². The van der Waals surface area contributed by atoms with Crippen molar-refractivity contribution in [3.8, 4) is 11.1 Å². The molecule has 4 rings (SSSR count). The molecule has 0 unspecified atom stereocenters. The van der Waals surface area contributed by atoms with Gasteiger partial charge in [-0.2, -0.15) is 0 Å². The fraction of sp³-hybridized carbons (Fsp3) is 0.222. The van der Waals surface area contributed by atoms with Crippen molar-refractivity contribution in [3.05, 3.63) is 89.2 Å². The van der Waals surface area contributed by atoms with E-state index < -0.39 is 29.8 Å². The normalized spacial score (nSPS) is 13.0. The lowest BCUT2D eigenvalue weighted by Crippen LogP contribution is -2.47. The van der Waals surface area contributed by atoms with Crippen molar-refractivity contribution in [1.82, 2.24) is 5.32 Å². The first-order valence-electron chi connectivity index (χ1n) is 11.2. The van der Waals surface area contributed by atoms with Crippen LogP contribution >= 0.6 is 0 Å². The third-order valence-electron chi connectivity index (χ3n) is 6.04. The summed E-state index contributed by atoms with van der Waals surface area (Å²) < 4.78 is 19.8. The summed E-state index contributed by atoms with van der Waals surface area (Å²) in [5, 5.41) is 13.9. The first-order chi connectivity index (χ1) is 16.8. The molecule has 1 aliphatic rings. The van der Waals surface area contributed by atoms with Gasteiger partial charge in [-0.3, -0.25) is 4.79 Å². The zero-order valence-corrected chi connectivity index (χ0v) is 19.2. The maximum atomic E-state index is 14.2. The lowest BCUT2D eigenvalue weighted by molar-refractivity contribution is -0.119. The maximum absolute atomic E-state index is 14.2. The molecule has 0 bridgehead atoms. The number of benzene rings is 3.